The van der Waals surface area contributed by atoms with E-state index >= 15 is 0 Å². The van der Waals surface area contributed by atoms with Crippen LogP contribution >= 0.6 is 22.7 Å². The topological polar surface area (TPSA) is 63.2 Å². The molecule has 130 valence electrons. The molecular weight excluding hydrogens is 374 g/mol. The summed E-state index contributed by atoms with van der Waals surface area (Å²) in [6, 6.07) is 13.9. The van der Waals surface area contributed by atoms with E-state index in [1.807, 2.05) is 23.8 Å². The molecule has 3 aromatic rings. The molecular formula is C18H17NO3S3. The van der Waals surface area contributed by atoms with Crippen LogP contribution in [0.25, 0.3) is 0 Å². The van der Waals surface area contributed by atoms with E-state index in [4.69, 9.17) is 0 Å². The summed E-state index contributed by atoms with van der Waals surface area (Å²) in [7, 11) is -3.61. The third-order valence-corrected chi connectivity index (χ3v) is 7.88. The lowest BCUT2D eigenvalue weighted by Crippen LogP contribution is -2.31. The van der Waals surface area contributed by atoms with Crippen LogP contribution in [0.4, 0.5) is 0 Å². The number of hydrogen-bond acceptors (Lipinski definition) is 5. The number of sulfone groups is 1. The summed E-state index contributed by atoms with van der Waals surface area (Å²) < 4.78 is 26.2. The van der Waals surface area contributed by atoms with E-state index in [9.17, 15) is 13.2 Å². The van der Waals surface area contributed by atoms with Gasteiger partial charge in [-0.1, -0.05) is 29.8 Å². The van der Waals surface area contributed by atoms with Gasteiger partial charge in [-0.3, -0.25) is 4.79 Å². The second-order valence-corrected chi connectivity index (χ2v) is 9.61. The number of carbonyl (C=O) groups is 1. The minimum atomic E-state index is -3.61. The SMILES string of the molecule is Cc1ccc(S(=O)(=O)[C@@H](CNC(=O)c2cccs2)c2cccs2)cc1. The molecule has 4 nitrogen and oxygen atoms in total. The second-order valence-electron chi connectivity index (χ2n) is 5.55. The molecule has 1 N–H and O–H groups in total. The lowest BCUT2D eigenvalue weighted by atomic mass is 10.2. The molecule has 0 saturated carbocycles. The lowest BCUT2D eigenvalue weighted by Gasteiger charge is -2.17. The van der Waals surface area contributed by atoms with Crippen molar-refractivity contribution in [1.82, 2.24) is 5.32 Å². The first-order valence-electron chi connectivity index (χ1n) is 7.64. The molecule has 2 heterocycles. The van der Waals surface area contributed by atoms with E-state index in [2.05, 4.69) is 5.32 Å². The average molecular weight is 392 g/mol. The fourth-order valence-electron chi connectivity index (χ4n) is 2.41. The summed E-state index contributed by atoms with van der Waals surface area (Å²) in [5.74, 6) is -0.254. The van der Waals surface area contributed by atoms with Gasteiger partial charge in [0.15, 0.2) is 9.84 Å². The maximum Gasteiger partial charge on any atom is 0.261 e. The fraction of sp³-hybridized carbons (Fsp3) is 0.167. The van der Waals surface area contributed by atoms with Crippen molar-refractivity contribution in [3.05, 3.63) is 74.6 Å². The van der Waals surface area contributed by atoms with Crippen molar-refractivity contribution in [2.75, 3.05) is 6.54 Å². The standard InChI is InChI=1S/C18H17NO3S3/c1-13-6-8-14(9-7-13)25(21,22)17(15-4-2-10-23-15)12-19-18(20)16-5-3-11-24-16/h2-11,17H,12H2,1H3,(H,19,20)/t17-/m0/s1. The van der Waals surface area contributed by atoms with E-state index in [0.29, 0.717) is 9.75 Å². The number of amides is 1. The number of carbonyl (C=O) groups excluding carboxylic acids is 1. The first-order chi connectivity index (χ1) is 12.0. The van der Waals surface area contributed by atoms with Crippen LogP contribution in [0.2, 0.25) is 0 Å². The molecule has 0 fully saturated rings. The zero-order chi connectivity index (χ0) is 17.9. The maximum absolute atomic E-state index is 13.1. The molecule has 1 atom stereocenters. The number of hydrogen-bond donors (Lipinski definition) is 1. The normalized spacial score (nSPS) is 12.7. The molecule has 0 spiro atoms. The number of benzene rings is 1. The zero-order valence-corrected chi connectivity index (χ0v) is 16.0. The Hall–Kier alpha value is -1.96. The van der Waals surface area contributed by atoms with Crippen LogP contribution in [0.1, 0.15) is 25.4 Å². The van der Waals surface area contributed by atoms with Gasteiger partial charge in [0.2, 0.25) is 0 Å². The number of thiophene rings is 2. The number of rotatable bonds is 6. The summed E-state index contributed by atoms with van der Waals surface area (Å²) in [5, 5.41) is 5.61. The monoisotopic (exact) mass is 391 g/mol. The van der Waals surface area contributed by atoms with Crippen molar-refractivity contribution in [3.63, 3.8) is 0 Å². The van der Waals surface area contributed by atoms with Crippen molar-refractivity contribution in [2.45, 2.75) is 17.1 Å². The minimum absolute atomic E-state index is 0.0352. The Labute approximate surface area is 155 Å². The van der Waals surface area contributed by atoms with Crippen LogP contribution in [-0.4, -0.2) is 20.9 Å². The Kier molecular flexibility index (Phi) is 5.36. The molecule has 0 radical (unpaired) electrons. The Bertz CT molecular complexity index is 928. The third-order valence-electron chi connectivity index (χ3n) is 3.78. The average Bonchev–Trinajstić information content (AvgIpc) is 3.29. The molecule has 2 aromatic heterocycles. The van der Waals surface area contributed by atoms with Gasteiger partial charge in [-0.05, 0) is 41.9 Å². The van der Waals surface area contributed by atoms with Gasteiger partial charge in [0.25, 0.3) is 5.91 Å². The molecule has 25 heavy (non-hydrogen) atoms. The van der Waals surface area contributed by atoms with Crippen LogP contribution < -0.4 is 5.32 Å². The lowest BCUT2D eigenvalue weighted by molar-refractivity contribution is 0.0958. The van der Waals surface area contributed by atoms with Crippen LogP contribution in [-0.2, 0) is 9.84 Å². The molecule has 3 rings (SSSR count). The Morgan fingerprint density at radius 2 is 1.72 bits per heavy atom. The zero-order valence-electron chi connectivity index (χ0n) is 13.5. The van der Waals surface area contributed by atoms with Crippen molar-refractivity contribution >= 4 is 38.4 Å². The second kappa shape index (κ2) is 7.51. The van der Waals surface area contributed by atoms with Gasteiger partial charge in [-0.2, -0.15) is 0 Å². The van der Waals surface area contributed by atoms with Crippen LogP contribution in [0.15, 0.2) is 64.2 Å². The summed E-state index contributed by atoms with van der Waals surface area (Å²) in [4.78, 5) is 13.7. The summed E-state index contributed by atoms with van der Waals surface area (Å²) >= 11 is 2.70. The summed E-state index contributed by atoms with van der Waals surface area (Å²) in [6.07, 6.45) is 0. The van der Waals surface area contributed by atoms with Crippen LogP contribution in [0, 0.1) is 6.92 Å². The highest BCUT2D eigenvalue weighted by molar-refractivity contribution is 7.91. The van der Waals surface area contributed by atoms with Crippen molar-refractivity contribution in [3.8, 4) is 0 Å². The Morgan fingerprint density at radius 3 is 2.32 bits per heavy atom. The molecule has 0 saturated heterocycles. The molecule has 7 heteroatoms. The maximum atomic E-state index is 13.1. The van der Waals surface area contributed by atoms with Crippen molar-refractivity contribution < 1.29 is 13.2 Å². The van der Waals surface area contributed by atoms with E-state index in [1.54, 1.807) is 42.5 Å². The first kappa shape index (κ1) is 17.8. The Balaban J connectivity index is 1.87. The van der Waals surface area contributed by atoms with Crippen LogP contribution in [0.3, 0.4) is 0 Å². The van der Waals surface area contributed by atoms with Gasteiger partial charge in [0, 0.05) is 11.4 Å². The van der Waals surface area contributed by atoms with Gasteiger partial charge in [-0.25, -0.2) is 8.42 Å². The molecule has 1 amide bonds. The smallest absolute Gasteiger partial charge is 0.261 e. The highest BCUT2D eigenvalue weighted by Crippen LogP contribution is 2.31. The fourth-order valence-corrected chi connectivity index (χ4v) is 5.83. The van der Waals surface area contributed by atoms with E-state index in [-0.39, 0.29) is 17.3 Å². The highest BCUT2D eigenvalue weighted by Gasteiger charge is 2.30. The minimum Gasteiger partial charge on any atom is -0.350 e. The third kappa shape index (κ3) is 4.00. The molecule has 0 unspecified atom stereocenters. The van der Waals surface area contributed by atoms with E-state index in [1.165, 1.54) is 22.7 Å². The van der Waals surface area contributed by atoms with Crippen LogP contribution in [0.5, 0.6) is 0 Å². The molecule has 0 aliphatic heterocycles. The van der Waals surface area contributed by atoms with Gasteiger partial charge in [0.05, 0.1) is 9.77 Å². The summed E-state index contributed by atoms with van der Waals surface area (Å²) in [5.41, 5.74) is 0.998. The van der Waals surface area contributed by atoms with Gasteiger partial charge < -0.3 is 5.32 Å². The largest absolute Gasteiger partial charge is 0.350 e. The highest BCUT2D eigenvalue weighted by atomic mass is 32.2. The first-order valence-corrected chi connectivity index (χ1v) is 10.9. The van der Waals surface area contributed by atoms with Gasteiger partial charge >= 0.3 is 0 Å². The number of nitrogens with one attached hydrogen (secondary N) is 1. The predicted molar refractivity (Wildman–Crippen MR) is 102 cm³/mol. The van der Waals surface area contributed by atoms with Crippen molar-refractivity contribution in [1.29, 1.82) is 0 Å². The van der Waals surface area contributed by atoms with Gasteiger partial charge in [0.1, 0.15) is 5.25 Å². The number of aryl methyl sites for hydroxylation is 1. The van der Waals surface area contributed by atoms with Gasteiger partial charge in [-0.15, -0.1) is 22.7 Å². The summed E-state index contributed by atoms with van der Waals surface area (Å²) in [6.45, 7) is 1.95. The molecule has 0 aliphatic rings. The molecule has 0 bridgehead atoms. The Morgan fingerprint density at radius 1 is 1.04 bits per heavy atom. The predicted octanol–water partition coefficient (Wildman–Crippen LogP) is 4.06. The molecule has 1 aromatic carbocycles. The van der Waals surface area contributed by atoms with Crippen molar-refractivity contribution in [2.24, 2.45) is 0 Å². The van der Waals surface area contributed by atoms with E-state index in [0.717, 1.165) is 5.56 Å². The van der Waals surface area contributed by atoms with E-state index < -0.39 is 15.1 Å². The quantitative estimate of drug-likeness (QED) is 0.689. The molecule has 0 aliphatic carbocycles.